The van der Waals surface area contributed by atoms with E-state index in [1.807, 2.05) is 11.0 Å². The van der Waals surface area contributed by atoms with Crippen molar-refractivity contribution in [3.05, 3.63) is 36.0 Å². The van der Waals surface area contributed by atoms with E-state index >= 15 is 0 Å². The maximum absolute atomic E-state index is 13.6. The van der Waals surface area contributed by atoms with Crippen LogP contribution in [0.1, 0.15) is 24.8 Å². The SMILES string of the molecule is N#C[C@@H]1C[C@H](F)CN1C(=O)CN1CCC(Nc2cc(C(F)(F)F)c3ncccc3c2)CC1. The van der Waals surface area contributed by atoms with E-state index in [0.717, 1.165) is 6.07 Å². The first-order valence-electron chi connectivity index (χ1n) is 10.5. The van der Waals surface area contributed by atoms with Crippen LogP contribution in [0.3, 0.4) is 0 Å². The third-order valence-corrected chi connectivity index (χ3v) is 6.05. The van der Waals surface area contributed by atoms with Gasteiger partial charge in [-0.05, 0) is 31.0 Å². The number of alkyl halides is 4. The van der Waals surface area contributed by atoms with Crippen molar-refractivity contribution in [3.8, 4) is 6.07 Å². The molecule has 2 atom stereocenters. The Morgan fingerprint density at radius 1 is 1.28 bits per heavy atom. The molecule has 4 rings (SSSR count). The zero-order valence-electron chi connectivity index (χ0n) is 17.3. The molecule has 0 saturated carbocycles. The Morgan fingerprint density at radius 2 is 2.03 bits per heavy atom. The lowest BCUT2D eigenvalue weighted by atomic mass is 10.0. The predicted molar refractivity (Wildman–Crippen MR) is 110 cm³/mol. The average Bonchev–Trinajstić information content (AvgIpc) is 3.15. The zero-order valence-corrected chi connectivity index (χ0v) is 17.3. The Morgan fingerprint density at radius 3 is 2.72 bits per heavy atom. The molecule has 1 N–H and O–H groups in total. The predicted octanol–water partition coefficient (Wildman–Crippen LogP) is 3.59. The van der Waals surface area contributed by atoms with Crippen LogP contribution in [-0.4, -0.2) is 65.1 Å². The Bertz CT molecular complexity index is 1030. The molecule has 6 nitrogen and oxygen atoms in total. The van der Waals surface area contributed by atoms with Crippen LogP contribution >= 0.6 is 0 Å². The van der Waals surface area contributed by atoms with Gasteiger partial charge in [-0.2, -0.15) is 18.4 Å². The highest BCUT2D eigenvalue weighted by Crippen LogP contribution is 2.36. The maximum atomic E-state index is 13.6. The molecule has 32 heavy (non-hydrogen) atoms. The average molecular weight is 449 g/mol. The van der Waals surface area contributed by atoms with Crippen molar-refractivity contribution in [2.24, 2.45) is 0 Å². The minimum Gasteiger partial charge on any atom is -0.382 e. The number of nitriles is 1. The second kappa shape index (κ2) is 8.90. The molecule has 2 aliphatic rings. The van der Waals surface area contributed by atoms with Crippen molar-refractivity contribution in [1.82, 2.24) is 14.8 Å². The number of halogens is 4. The Balaban J connectivity index is 1.37. The summed E-state index contributed by atoms with van der Waals surface area (Å²) in [6, 6.07) is 7.18. The number of benzene rings is 1. The lowest BCUT2D eigenvalue weighted by Crippen LogP contribution is -2.46. The number of nitrogens with zero attached hydrogens (tertiary/aromatic N) is 4. The van der Waals surface area contributed by atoms with Crippen molar-refractivity contribution in [1.29, 1.82) is 5.26 Å². The fourth-order valence-corrected chi connectivity index (χ4v) is 4.43. The van der Waals surface area contributed by atoms with Gasteiger partial charge in [0.1, 0.15) is 12.2 Å². The molecule has 0 radical (unpaired) electrons. The summed E-state index contributed by atoms with van der Waals surface area (Å²) in [5.41, 5.74) is -0.466. The van der Waals surface area contributed by atoms with Crippen molar-refractivity contribution >= 4 is 22.5 Å². The Kier molecular flexibility index (Phi) is 6.20. The molecule has 1 aromatic heterocycles. The second-order valence-corrected chi connectivity index (χ2v) is 8.32. The number of anilines is 1. The fourth-order valence-electron chi connectivity index (χ4n) is 4.43. The van der Waals surface area contributed by atoms with Crippen LogP contribution in [0, 0.1) is 11.3 Å². The van der Waals surface area contributed by atoms with Gasteiger partial charge in [-0.1, -0.05) is 6.07 Å². The summed E-state index contributed by atoms with van der Waals surface area (Å²) >= 11 is 0. The normalized spacial score (nSPS) is 22.8. The van der Waals surface area contributed by atoms with E-state index in [9.17, 15) is 22.4 Å². The molecule has 0 bridgehead atoms. The molecule has 0 unspecified atom stereocenters. The fraction of sp³-hybridized carbons (Fsp3) is 0.500. The topological polar surface area (TPSA) is 72.3 Å². The monoisotopic (exact) mass is 449 g/mol. The van der Waals surface area contributed by atoms with Crippen LogP contribution in [0.2, 0.25) is 0 Å². The molecule has 2 saturated heterocycles. The van der Waals surface area contributed by atoms with Gasteiger partial charge >= 0.3 is 6.18 Å². The van der Waals surface area contributed by atoms with E-state index in [1.165, 1.54) is 11.1 Å². The molecule has 10 heteroatoms. The number of hydrogen-bond acceptors (Lipinski definition) is 5. The highest BCUT2D eigenvalue weighted by Gasteiger charge is 2.36. The van der Waals surface area contributed by atoms with Crippen LogP contribution in [0.25, 0.3) is 10.9 Å². The Labute approximate surface area is 182 Å². The van der Waals surface area contributed by atoms with Gasteiger partial charge in [0.25, 0.3) is 0 Å². The van der Waals surface area contributed by atoms with E-state index in [1.54, 1.807) is 18.2 Å². The number of carbonyl (C=O) groups excluding carboxylic acids is 1. The van der Waals surface area contributed by atoms with Crippen molar-refractivity contribution in [2.75, 3.05) is 31.5 Å². The van der Waals surface area contributed by atoms with Gasteiger partial charge in [0, 0.05) is 42.8 Å². The van der Waals surface area contributed by atoms with Crippen LogP contribution in [0.4, 0.5) is 23.2 Å². The third-order valence-electron chi connectivity index (χ3n) is 6.05. The van der Waals surface area contributed by atoms with Gasteiger partial charge < -0.3 is 10.2 Å². The summed E-state index contributed by atoms with van der Waals surface area (Å²) in [5, 5.41) is 12.7. The lowest BCUT2D eigenvalue weighted by molar-refractivity contribution is -0.136. The number of nitrogens with one attached hydrogen (secondary N) is 1. The summed E-state index contributed by atoms with van der Waals surface area (Å²) in [5.74, 6) is -0.264. The van der Waals surface area contributed by atoms with Crippen molar-refractivity contribution in [3.63, 3.8) is 0 Å². The second-order valence-electron chi connectivity index (χ2n) is 8.32. The smallest absolute Gasteiger partial charge is 0.382 e. The van der Waals surface area contributed by atoms with Crippen molar-refractivity contribution < 1.29 is 22.4 Å². The number of hydrogen-bond donors (Lipinski definition) is 1. The first-order valence-corrected chi connectivity index (χ1v) is 10.5. The van der Waals surface area contributed by atoms with Crippen molar-refractivity contribution in [2.45, 2.75) is 43.7 Å². The summed E-state index contributed by atoms with van der Waals surface area (Å²) in [4.78, 5) is 19.6. The highest BCUT2D eigenvalue weighted by molar-refractivity contribution is 5.86. The number of pyridine rings is 1. The number of likely N-dealkylation sites (tertiary alicyclic amines) is 2. The van der Waals surface area contributed by atoms with E-state index in [-0.39, 0.29) is 37.0 Å². The summed E-state index contributed by atoms with van der Waals surface area (Å²) in [6.45, 7) is 1.22. The van der Waals surface area contributed by atoms with Gasteiger partial charge in [-0.25, -0.2) is 4.39 Å². The van der Waals surface area contributed by atoms with E-state index < -0.39 is 24.0 Å². The molecule has 2 fully saturated rings. The summed E-state index contributed by atoms with van der Waals surface area (Å²) in [7, 11) is 0. The molecular weight excluding hydrogens is 426 g/mol. The summed E-state index contributed by atoms with van der Waals surface area (Å²) < 4.78 is 54.1. The van der Waals surface area contributed by atoms with Crippen LogP contribution < -0.4 is 5.32 Å². The molecular formula is C22H23F4N5O. The number of rotatable bonds is 4. The minimum atomic E-state index is -4.51. The number of amides is 1. The maximum Gasteiger partial charge on any atom is 0.418 e. The molecule has 2 aliphatic heterocycles. The van der Waals surface area contributed by atoms with Crippen LogP contribution in [-0.2, 0) is 11.0 Å². The molecule has 1 aromatic carbocycles. The molecule has 0 aliphatic carbocycles. The largest absolute Gasteiger partial charge is 0.418 e. The van der Waals surface area contributed by atoms with Crippen LogP contribution in [0.15, 0.2) is 30.5 Å². The van der Waals surface area contributed by atoms with E-state index in [0.29, 0.717) is 37.0 Å². The minimum absolute atomic E-state index is 0.0366. The zero-order chi connectivity index (χ0) is 22.9. The first kappa shape index (κ1) is 22.3. The van der Waals surface area contributed by atoms with E-state index in [4.69, 9.17) is 5.26 Å². The lowest BCUT2D eigenvalue weighted by Gasteiger charge is -2.33. The number of carbonyl (C=O) groups is 1. The molecule has 0 spiro atoms. The van der Waals surface area contributed by atoms with Gasteiger partial charge in [-0.3, -0.25) is 14.7 Å². The standard InChI is InChI=1S/C22H23F4N5O/c23-15-9-18(11-27)31(12-15)20(32)13-30-6-3-16(4-7-30)29-17-8-14-2-1-5-28-21(14)19(10-17)22(24,25)26/h1-2,5,8,10,15-16,18,29H,3-4,6-7,9,12-13H2/t15-,18-/m0/s1. The van der Waals surface area contributed by atoms with E-state index in [2.05, 4.69) is 10.3 Å². The van der Waals surface area contributed by atoms with Gasteiger partial charge in [0.2, 0.25) is 5.91 Å². The number of aromatic nitrogens is 1. The number of piperidine rings is 1. The van der Waals surface area contributed by atoms with Gasteiger partial charge in [0.15, 0.2) is 0 Å². The third kappa shape index (κ3) is 4.78. The summed E-state index contributed by atoms with van der Waals surface area (Å²) in [6.07, 6.45) is -2.99. The van der Waals surface area contributed by atoms with Crippen LogP contribution in [0.5, 0.6) is 0 Å². The highest BCUT2D eigenvalue weighted by atomic mass is 19.4. The quantitative estimate of drug-likeness (QED) is 0.723. The Hall–Kier alpha value is -2.93. The first-order chi connectivity index (χ1) is 15.2. The molecule has 3 heterocycles. The van der Waals surface area contributed by atoms with Gasteiger partial charge in [0.05, 0.1) is 30.2 Å². The number of fused-ring (bicyclic) bond motifs is 1. The van der Waals surface area contributed by atoms with Gasteiger partial charge in [-0.15, -0.1) is 0 Å². The molecule has 2 aromatic rings. The molecule has 170 valence electrons. The molecule has 1 amide bonds.